The van der Waals surface area contributed by atoms with Gasteiger partial charge in [0, 0.05) is 12.6 Å². The summed E-state index contributed by atoms with van der Waals surface area (Å²) >= 11 is 1.39. The number of hydrogen-bond donors (Lipinski definition) is 0. The van der Waals surface area contributed by atoms with E-state index < -0.39 is 10.8 Å². The van der Waals surface area contributed by atoms with Crippen LogP contribution in [-0.2, 0) is 6.54 Å². The van der Waals surface area contributed by atoms with E-state index in [1.807, 2.05) is 35.8 Å². The highest BCUT2D eigenvalue weighted by Crippen LogP contribution is 2.19. The van der Waals surface area contributed by atoms with Gasteiger partial charge in [0.1, 0.15) is 5.56 Å². The molecule has 0 saturated carbocycles. The van der Waals surface area contributed by atoms with Crippen LogP contribution in [0.1, 0.15) is 17.3 Å². The number of nitro groups is 1. The molecule has 0 aliphatic carbocycles. The molecule has 2 aromatic carbocycles. The first-order valence-corrected chi connectivity index (χ1v) is 7.84. The minimum atomic E-state index is -0.606. The molecule has 0 aliphatic rings. The third-order valence-corrected chi connectivity index (χ3v) is 4.49. The lowest BCUT2D eigenvalue weighted by Crippen LogP contribution is -2.16. The van der Waals surface area contributed by atoms with Crippen LogP contribution >= 0.6 is 11.3 Å². The molecule has 1 heterocycles. The van der Waals surface area contributed by atoms with Crippen LogP contribution in [0.25, 0.3) is 10.2 Å². The van der Waals surface area contributed by atoms with Crippen molar-refractivity contribution >= 4 is 33.1 Å². The number of carbonyl (C=O) groups excluding carboxylic acids is 1. The number of thiazole rings is 1. The van der Waals surface area contributed by atoms with Gasteiger partial charge in [-0.1, -0.05) is 35.6 Å². The Morgan fingerprint density at radius 2 is 1.91 bits per heavy atom. The minimum absolute atomic E-state index is 0.00221. The zero-order valence-electron chi connectivity index (χ0n) is 12.3. The van der Waals surface area contributed by atoms with Gasteiger partial charge in [-0.25, -0.2) is 0 Å². The quantitative estimate of drug-likeness (QED) is 0.546. The Bertz CT molecular complexity index is 972. The molecule has 0 fully saturated rings. The summed E-state index contributed by atoms with van der Waals surface area (Å²) in [6.07, 6.45) is 0. The highest BCUT2D eigenvalue weighted by molar-refractivity contribution is 7.16. The van der Waals surface area contributed by atoms with E-state index in [1.54, 1.807) is 6.07 Å². The van der Waals surface area contributed by atoms with Crippen molar-refractivity contribution in [2.24, 2.45) is 4.99 Å². The maximum Gasteiger partial charge on any atom is 0.286 e. The van der Waals surface area contributed by atoms with Gasteiger partial charge in [0.2, 0.25) is 0 Å². The first kappa shape index (κ1) is 15.1. The molecule has 0 radical (unpaired) electrons. The maximum atomic E-state index is 12.4. The van der Waals surface area contributed by atoms with Crippen LogP contribution < -0.4 is 4.80 Å². The average molecular weight is 327 g/mol. The fourth-order valence-corrected chi connectivity index (χ4v) is 3.46. The molecule has 7 heteroatoms. The Hall–Kier alpha value is -2.80. The summed E-state index contributed by atoms with van der Waals surface area (Å²) in [7, 11) is 0. The van der Waals surface area contributed by atoms with Gasteiger partial charge in [-0.15, -0.1) is 0 Å². The molecule has 6 nitrogen and oxygen atoms in total. The number of fused-ring (bicyclic) bond motifs is 1. The Labute approximate surface area is 135 Å². The lowest BCUT2D eigenvalue weighted by Gasteiger charge is -2.00. The minimum Gasteiger partial charge on any atom is -0.317 e. The molecule has 3 aromatic rings. The second-order valence-corrected chi connectivity index (χ2v) is 5.80. The number of aryl methyl sites for hydroxylation is 1. The van der Waals surface area contributed by atoms with Gasteiger partial charge < -0.3 is 4.57 Å². The van der Waals surface area contributed by atoms with E-state index in [4.69, 9.17) is 0 Å². The van der Waals surface area contributed by atoms with E-state index in [0.29, 0.717) is 11.3 Å². The molecule has 1 aromatic heterocycles. The summed E-state index contributed by atoms with van der Waals surface area (Å²) in [5.74, 6) is -0.606. The number of aromatic nitrogens is 1. The molecule has 0 aliphatic heterocycles. The largest absolute Gasteiger partial charge is 0.317 e. The number of carbonyl (C=O) groups is 1. The molecule has 0 unspecified atom stereocenters. The highest BCUT2D eigenvalue weighted by Gasteiger charge is 2.19. The van der Waals surface area contributed by atoms with E-state index in [1.165, 1.54) is 29.5 Å². The van der Waals surface area contributed by atoms with Crippen LogP contribution in [0.5, 0.6) is 0 Å². The summed E-state index contributed by atoms with van der Waals surface area (Å²) in [6.45, 7) is 2.63. The van der Waals surface area contributed by atoms with Crippen LogP contribution in [0.15, 0.2) is 53.5 Å². The molecule has 0 bridgehead atoms. The fraction of sp³-hybridized carbons (Fsp3) is 0.125. The van der Waals surface area contributed by atoms with Crippen LogP contribution in [0, 0.1) is 10.1 Å². The third-order valence-electron chi connectivity index (χ3n) is 3.43. The second kappa shape index (κ2) is 6.13. The SMILES string of the molecule is CCn1c(=NC(=O)c2ccccc2[N+](=O)[O-])sc2ccccc21. The second-order valence-electron chi connectivity index (χ2n) is 4.79. The van der Waals surface area contributed by atoms with Crippen molar-refractivity contribution in [3.8, 4) is 0 Å². The van der Waals surface area contributed by atoms with Gasteiger partial charge >= 0.3 is 0 Å². The standard InChI is InChI=1S/C16H13N3O3S/c1-2-18-13-9-5-6-10-14(13)23-16(18)17-15(20)11-7-3-4-8-12(11)19(21)22/h3-10H,2H2,1H3. The topological polar surface area (TPSA) is 77.5 Å². The van der Waals surface area contributed by atoms with Crippen molar-refractivity contribution in [1.82, 2.24) is 4.57 Å². The number of rotatable bonds is 3. The lowest BCUT2D eigenvalue weighted by molar-refractivity contribution is -0.385. The third kappa shape index (κ3) is 2.78. The van der Waals surface area contributed by atoms with Gasteiger partial charge in [0.25, 0.3) is 11.6 Å². The van der Waals surface area contributed by atoms with Crippen LogP contribution in [0.3, 0.4) is 0 Å². The molecular formula is C16H13N3O3S. The number of hydrogen-bond acceptors (Lipinski definition) is 4. The highest BCUT2D eigenvalue weighted by atomic mass is 32.1. The van der Waals surface area contributed by atoms with E-state index in [0.717, 1.165) is 10.2 Å². The predicted octanol–water partition coefficient (Wildman–Crippen LogP) is 3.37. The van der Waals surface area contributed by atoms with E-state index >= 15 is 0 Å². The van der Waals surface area contributed by atoms with Gasteiger partial charge in [-0.3, -0.25) is 14.9 Å². The molecule has 116 valence electrons. The summed E-state index contributed by atoms with van der Waals surface area (Å²) in [6, 6.07) is 13.6. The first-order valence-electron chi connectivity index (χ1n) is 7.02. The summed E-state index contributed by atoms with van der Waals surface area (Å²) in [4.78, 5) is 27.5. The molecule has 23 heavy (non-hydrogen) atoms. The normalized spacial score (nSPS) is 11.8. The van der Waals surface area contributed by atoms with Crippen molar-refractivity contribution < 1.29 is 9.72 Å². The Kier molecular flexibility index (Phi) is 4.03. The zero-order valence-corrected chi connectivity index (χ0v) is 13.1. The molecular weight excluding hydrogens is 314 g/mol. The van der Waals surface area contributed by atoms with Crippen molar-refractivity contribution in [2.45, 2.75) is 13.5 Å². The molecule has 0 spiro atoms. The summed E-state index contributed by atoms with van der Waals surface area (Å²) < 4.78 is 2.94. The maximum absolute atomic E-state index is 12.4. The number of nitrogens with zero attached hydrogens (tertiary/aromatic N) is 3. The van der Waals surface area contributed by atoms with E-state index in [9.17, 15) is 14.9 Å². The fourth-order valence-electron chi connectivity index (χ4n) is 2.37. The molecule has 0 atom stereocenters. The molecule has 3 rings (SSSR count). The molecule has 1 amide bonds. The number of benzene rings is 2. The number of para-hydroxylation sites is 2. The van der Waals surface area contributed by atoms with Gasteiger partial charge in [0.05, 0.1) is 15.1 Å². The van der Waals surface area contributed by atoms with Crippen LogP contribution in [0.2, 0.25) is 0 Å². The average Bonchev–Trinajstić information content (AvgIpc) is 2.91. The van der Waals surface area contributed by atoms with Crippen molar-refractivity contribution in [3.63, 3.8) is 0 Å². The molecule has 0 saturated heterocycles. The smallest absolute Gasteiger partial charge is 0.286 e. The van der Waals surface area contributed by atoms with Crippen molar-refractivity contribution in [1.29, 1.82) is 0 Å². The lowest BCUT2D eigenvalue weighted by atomic mass is 10.2. The van der Waals surface area contributed by atoms with Gasteiger partial charge in [-0.05, 0) is 25.1 Å². The summed E-state index contributed by atoms with van der Waals surface area (Å²) in [5.41, 5.74) is 0.761. The molecule has 0 N–H and O–H groups in total. The Morgan fingerprint density at radius 1 is 1.22 bits per heavy atom. The first-order chi connectivity index (χ1) is 11.1. The van der Waals surface area contributed by atoms with Gasteiger partial charge in [0.15, 0.2) is 4.80 Å². The van der Waals surface area contributed by atoms with Crippen LogP contribution in [-0.4, -0.2) is 15.4 Å². The van der Waals surface area contributed by atoms with Crippen molar-refractivity contribution in [3.05, 3.63) is 69.0 Å². The zero-order chi connectivity index (χ0) is 16.4. The summed E-state index contributed by atoms with van der Waals surface area (Å²) in [5, 5.41) is 11.1. The number of amides is 1. The Balaban J connectivity index is 2.16. The number of nitro benzene ring substituents is 1. The monoisotopic (exact) mass is 327 g/mol. The van der Waals surface area contributed by atoms with E-state index in [-0.39, 0.29) is 11.3 Å². The van der Waals surface area contributed by atoms with Crippen LogP contribution in [0.4, 0.5) is 5.69 Å². The Morgan fingerprint density at radius 3 is 2.65 bits per heavy atom. The van der Waals surface area contributed by atoms with Gasteiger partial charge in [-0.2, -0.15) is 4.99 Å². The van der Waals surface area contributed by atoms with E-state index in [2.05, 4.69) is 4.99 Å². The predicted molar refractivity (Wildman–Crippen MR) is 88.5 cm³/mol. The van der Waals surface area contributed by atoms with Crippen molar-refractivity contribution in [2.75, 3.05) is 0 Å².